The standard InChI is InChI=1S/C22H27FN4O2/c1-3-5-20(28)27-11-4-6-17(14-27)21-24-13-19(15(2)26-21)22(29)25-12-16-7-9-18(23)10-8-16/h7-10,13,17H,3-6,11-12,14H2,1-2H3,(H,25,29)/t17-/m0/s1. The normalized spacial score (nSPS) is 16.5. The summed E-state index contributed by atoms with van der Waals surface area (Å²) in [6, 6.07) is 6.00. The number of nitrogens with zero attached hydrogens (tertiary/aromatic N) is 3. The van der Waals surface area contributed by atoms with Crippen LogP contribution in [-0.2, 0) is 11.3 Å². The molecule has 0 aliphatic carbocycles. The Morgan fingerprint density at radius 2 is 2.03 bits per heavy atom. The van der Waals surface area contributed by atoms with E-state index < -0.39 is 0 Å². The number of aromatic nitrogens is 2. The number of hydrogen-bond acceptors (Lipinski definition) is 4. The minimum Gasteiger partial charge on any atom is -0.348 e. The fourth-order valence-electron chi connectivity index (χ4n) is 3.57. The van der Waals surface area contributed by atoms with Crippen LogP contribution in [0.5, 0.6) is 0 Å². The van der Waals surface area contributed by atoms with Gasteiger partial charge in [0.25, 0.3) is 5.91 Å². The first-order valence-electron chi connectivity index (χ1n) is 10.1. The van der Waals surface area contributed by atoms with Gasteiger partial charge < -0.3 is 10.2 Å². The van der Waals surface area contributed by atoms with Crippen LogP contribution >= 0.6 is 0 Å². The fourth-order valence-corrected chi connectivity index (χ4v) is 3.57. The van der Waals surface area contributed by atoms with E-state index in [1.54, 1.807) is 25.3 Å². The van der Waals surface area contributed by atoms with Gasteiger partial charge in [0.1, 0.15) is 11.6 Å². The molecule has 1 fully saturated rings. The maximum absolute atomic E-state index is 13.0. The molecular weight excluding hydrogens is 371 g/mol. The lowest BCUT2D eigenvalue weighted by Gasteiger charge is -2.32. The first-order valence-corrected chi connectivity index (χ1v) is 10.1. The third-order valence-electron chi connectivity index (χ3n) is 5.21. The molecule has 0 radical (unpaired) electrons. The van der Waals surface area contributed by atoms with E-state index in [2.05, 4.69) is 15.3 Å². The molecule has 1 N–H and O–H groups in total. The summed E-state index contributed by atoms with van der Waals surface area (Å²) in [7, 11) is 0. The van der Waals surface area contributed by atoms with Crippen molar-refractivity contribution < 1.29 is 14.0 Å². The van der Waals surface area contributed by atoms with Gasteiger partial charge in [-0.1, -0.05) is 19.1 Å². The summed E-state index contributed by atoms with van der Waals surface area (Å²) in [5.41, 5.74) is 1.85. The van der Waals surface area contributed by atoms with Crippen LogP contribution in [0.15, 0.2) is 30.5 Å². The number of amides is 2. The van der Waals surface area contributed by atoms with Crippen LogP contribution in [0.25, 0.3) is 0 Å². The van der Waals surface area contributed by atoms with Crippen LogP contribution < -0.4 is 5.32 Å². The second-order valence-corrected chi connectivity index (χ2v) is 7.47. The predicted molar refractivity (Wildman–Crippen MR) is 108 cm³/mol. The maximum atomic E-state index is 13.0. The molecule has 0 spiro atoms. The van der Waals surface area contributed by atoms with Crippen LogP contribution in [0.1, 0.15) is 66.0 Å². The van der Waals surface area contributed by atoms with Gasteiger partial charge in [0.2, 0.25) is 5.91 Å². The second kappa shape index (κ2) is 9.58. The number of piperidine rings is 1. The summed E-state index contributed by atoms with van der Waals surface area (Å²) in [6.07, 6.45) is 4.84. The number of aryl methyl sites for hydroxylation is 1. The van der Waals surface area contributed by atoms with E-state index in [4.69, 9.17) is 0 Å². The molecule has 3 rings (SSSR count). The van der Waals surface area contributed by atoms with Gasteiger partial charge in [-0.05, 0) is 43.9 Å². The SMILES string of the molecule is CCCC(=O)N1CCC[C@H](c2ncc(C(=O)NCc3ccc(F)cc3)c(C)n2)C1. The number of hydrogen-bond donors (Lipinski definition) is 1. The number of nitrogens with one attached hydrogen (secondary N) is 1. The summed E-state index contributed by atoms with van der Waals surface area (Å²) in [5, 5.41) is 2.82. The molecule has 1 aromatic carbocycles. The molecule has 1 saturated heterocycles. The smallest absolute Gasteiger partial charge is 0.254 e. The van der Waals surface area contributed by atoms with Crippen molar-refractivity contribution >= 4 is 11.8 Å². The summed E-state index contributed by atoms with van der Waals surface area (Å²) in [5.74, 6) is 0.399. The topological polar surface area (TPSA) is 75.2 Å². The Labute approximate surface area is 170 Å². The van der Waals surface area contributed by atoms with Crippen molar-refractivity contribution in [2.75, 3.05) is 13.1 Å². The first-order chi connectivity index (χ1) is 14.0. The van der Waals surface area contributed by atoms with Gasteiger partial charge >= 0.3 is 0 Å². The lowest BCUT2D eigenvalue weighted by molar-refractivity contribution is -0.132. The zero-order valence-corrected chi connectivity index (χ0v) is 16.9. The summed E-state index contributed by atoms with van der Waals surface area (Å²) < 4.78 is 13.0. The van der Waals surface area contributed by atoms with E-state index in [0.717, 1.165) is 31.4 Å². The Morgan fingerprint density at radius 3 is 2.72 bits per heavy atom. The van der Waals surface area contributed by atoms with E-state index >= 15 is 0 Å². The molecule has 2 amide bonds. The van der Waals surface area contributed by atoms with Crippen molar-refractivity contribution in [3.63, 3.8) is 0 Å². The summed E-state index contributed by atoms with van der Waals surface area (Å²) in [6.45, 7) is 5.52. The van der Waals surface area contributed by atoms with E-state index in [-0.39, 0.29) is 23.5 Å². The molecule has 1 atom stereocenters. The highest BCUT2D eigenvalue weighted by Gasteiger charge is 2.26. The number of rotatable bonds is 6. The Morgan fingerprint density at radius 1 is 1.28 bits per heavy atom. The number of carbonyl (C=O) groups is 2. The molecule has 1 aliphatic heterocycles. The number of carbonyl (C=O) groups excluding carboxylic acids is 2. The molecule has 1 aromatic heterocycles. The van der Waals surface area contributed by atoms with Crippen LogP contribution in [-0.4, -0.2) is 39.8 Å². The van der Waals surface area contributed by atoms with E-state index in [0.29, 0.717) is 36.6 Å². The van der Waals surface area contributed by atoms with Crippen LogP contribution in [0.4, 0.5) is 4.39 Å². The second-order valence-electron chi connectivity index (χ2n) is 7.47. The molecule has 2 heterocycles. The molecular formula is C22H27FN4O2. The van der Waals surface area contributed by atoms with Gasteiger partial charge in [0.05, 0.1) is 11.3 Å². The lowest BCUT2D eigenvalue weighted by atomic mass is 9.96. The average Bonchev–Trinajstić information content (AvgIpc) is 2.73. The lowest BCUT2D eigenvalue weighted by Crippen LogP contribution is -2.39. The number of benzene rings is 1. The van der Waals surface area contributed by atoms with Crippen LogP contribution in [0.3, 0.4) is 0 Å². The average molecular weight is 398 g/mol. The minimum absolute atomic E-state index is 0.0968. The highest BCUT2D eigenvalue weighted by Crippen LogP contribution is 2.25. The van der Waals surface area contributed by atoms with Crippen molar-refractivity contribution in [3.8, 4) is 0 Å². The fraction of sp³-hybridized carbons (Fsp3) is 0.455. The molecule has 2 aromatic rings. The van der Waals surface area contributed by atoms with E-state index in [9.17, 15) is 14.0 Å². The van der Waals surface area contributed by atoms with E-state index in [1.807, 2.05) is 11.8 Å². The maximum Gasteiger partial charge on any atom is 0.254 e. The Bertz CT molecular complexity index is 870. The quantitative estimate of drug-likeness (QED) is 0.810. The molecule has 0 unspecified atom stereocenters. The highest BCUT2D eigenvalue weighted by molar-refractivity contribution is 5.94. The van der Waals surface area contributed by atoms with Crippen molar-refractivity contribution in [1.82, 2.24) is 20.2 Å². The Hall–Kier alpha value is -2.83. The molecule has 0 bridgehead atoms. The molecule has 29 heavy (non-hydrogen) atoms. The monoisotopic (exact) mass is 398 g/mol. The van der Waals surface area contributed by atoms with Gasteiger partial charge in [0.15, 0.2) is 0 Å². The van der Waals surface area contributed by atoms with Crippen molar-refractivity contribution in [2.24, 2.45) is 0 Å². The van der Waals surface area contributed by atoms with Crippen LogP contribution in [0.2, 0.25) is 0 Å². The van der Waals surface area contributed by atoms with Gasteiger partial charge in [-0.25, -0.2) is 14.4 Å². The van der Waals surface area contributed by atoms with Crippen molar-refractivity contribution in [2.45, 2.75) is 52.0 Å². The summed E-state index contributed by atoms with van der Waals surface area (Å²) in [4.78, 5) is 35.6. The zero-order chi connectivity index (χ0) is 20.8. The molecule has 7 heteroatoms. The molecule has 1 aliphatic rings. The van der Waals surface area contributed by atoms with E-state index in [1.165, 1.54) is 12.1 Å². The van der Waals surface area contributed by atoms with Gasteiger partial charge in [0, 0.05) is 38.2 Å². The molecule has 0 saturated carbocycles. The van der Waals surface area contributed by atoms with Crippen molar-refractivity contribution in [3.05, 3.63) is 58.9 Å². The van der Waals surface area contributed by atoms with Gasteiger partial charge in [-0.2, -0.15) is 0 Å². The first kappa shape index (κ1) is 20.9. The predicted octanol–water partition coefficient (Wildman–Crippen LogP) is 3.36. The summed E-state index contributed by atoms with van der Waals surface area (Å²) >= 11 is 0. The Balaban J connectivity index is 1.63. The van der Waals surface area contributed by atoms with Crippen LogP contribution in [0, 0.1) is 12.7 Å². The zero-order valence-electron chi connectivity index (χ0n) is 16.9. The largest absolute Gasteiger partial charge is 0.348 e. The molecule has 154 valence electrons. The number of halogens is 1. The number of likely N-dealkylation sites (tertiary alicyclic amines) is 1. The van der Waals surface area contributed by atoms with Gasteiger partial charge in [-0.3, -0.25) is 9.59 Å². The van der Waals surface area contributed by atoms with Gasteiger partial charge in [-0.15, -0.1) is 0 Å². The third kappa shape index (κ3) is 5.37. The van der Waals surface area contributed by atoms with Crippen molar-refractivity contribution in [1.29, 1.82) is 0 Å². The minimum atomic E-state index is -0.308. The highest BCUT2D eigenvalue weighted by atomic mass is 19.1. The molecule has 6 nitrogen and oxygen atoms in total. The third-order valence-corrected chi connectivity index (χ3v) is 5.21. The Kier molecular flexibility index (Phi) is 6.90.